The lowest BCUT2D eigenvalue weighted by molar-refractivity contribution is -0.0270. The Hall–Kier alpha value is -0.120. The predicted octanol–water partition coefficient (Wildman–Crippen LogP) is 0.536. The van der Waals surface area contributed by atoms with Crippen LogP contribution in [-0.2, 0) is 0 Å². The van der Waals surface area contributed by atoms with Crippen molar-refractivity contribution in [2.45, 2.75) is 44.3 Å². The Labute approximate surface area is 86.7 Å². The minimum Gasteiger partial charge on any atom is -0.395 e. The molecule has 1 heterocycles. The van der Waals surface area contributed by atoms with Crippen LogP contribution in [0.25, 0.3) is 0 Å². The molecule has 2 rings (SSSR count). The quantitative estimate of drug-likeness (QED) is 0.701. The summed E-state index contributed by atoms with van der Waals surface area (Å²) < 4.78 is 0. The molecule has 1 saturated heterocycles. The van der Waals surface area contributed by atoms with Crippen LogP contribution in [0.5, 0.6) is 0 Å². The Kier molecular flexibility index (Phi) is 2.58. The van der Waals surface area contributed by atoms with E-state index in [1.165, 1.54) is 12.8 Å². The number of likely N-dealkylation sites (N-methyl/N-ethyl adjacent to an activating group) is 1. The van der Waals surface area contributed by atoms with Gasteiger partial charge in [0.1, 0.15) is 0 Å². The molecular formula is C11H22N2O. The number of piperazine rings is 1. The van der Waals surface area contributed by atoms with Gasteiger partial charge in [-0.2, -0.15) is 0 Å². The van der Waals surface area contributed by atoms with E-state index < -0.39 is 0 Å². The molecule has 1 aliphatic heterocycles. The zero-order valence-corrected chi connectivity index (χ0v) is 9.53. The minimum absolute atomic E-state index is 0.279. The van der Waals surface area contributed by atoms with Crippen LogP contribution in [-0.4, -0.2) is 59.3 Å². The van der Waals surface area contributed by atoms with Crippen LogP contribution in [0.1, 0.15) is 26.7 Å². The molecule has 0 aromatic rings. The first-order chi connectivity index (χ1) is 6.54. The summed E-state index contributed by atoms with van der Waals surface area (Å²) in [4.78, 5) is 4.88. The molecule has 1 unspecified atom stereocenters. The fourth-order valence-electron chi connectivity index (χ4n) is 2.67. The summed E-state index contributed by atoms with van der Waals surface area (Å²) in [7, 11) is 2.12. The van der Waals surface area contributed by atoms with E-state index in [4.69, 9.17) is 0 Å². The molecule has 1 atom stereocenters. The lowest BCUT2D eigenvalue weighted by Crippen LogP contribution is -2.63. The number of nitrogens with zero attached hydrogens (tertiary/aromatic N) is 2. The SMILES string of the molecule is CN1CC(C)(C)N(C2CC2)CC1CO. The van der Waals surface area contributed by atoms with Crippen LogP contribution < -0.4 is 0 Å². The second-order valence-electron chi connectivity index (χ2n) is 5.45. The Morgan fingerprint density at radius 2 is 2.00 bits per heavy atom. The Bertz CT molecular complexity index is 213. The van der Waals surface area contributed by atoms with Crippen molar-refractivity contribution in [2.24, 2.45) is 0 Å². The van der Waals surface area contributed by atoms with Crippen molar-refractivity contribution >= 4 is 0 Å². The van der Waals surface area contributed by atoms with Gasteiger partial charge in [0.15, 0.2) is 0 Å². The van der Waals surface area contributed by atoms with Crippen LogP contribution in [0, 0.1) is 0 Å². The van der Waals surface area contributed by atoms with E-state index in [0.29, 0.717) is 6.04 Å². The maximum atomic E-state index is 9.28. The second kappa shape index (κ2) is 3.47. The molecule has 1 saturated carbocycles. The van der Waals surface area contributed by atoms with Gasteiger partial charge in [0, 0.05) is 30.7 Å². The summed E-state index contributed by atoms with van der Waals surface area (Å²) in [5, 5.41) is 9.28. The van der Waals surface area contributed by atoms with Crippen LogP contribution >= 0.6 is 0 Å². The van der Waals surface area contributed by atoms with E-state index in [-0.39, 0.29) is 12.1 Å². The van der Waals surface area contributed by atoms with Crippen molar-refractivity contribution in [3.05, 3.63) is 0 Å². The van der Waals surface area contributed by atoms with Crippen LogP contribution in [0.3, 0.4) is 0 Å². The molecule has 0 aromatic heterocycles. The maximum Gasteiger partial charge on any atom is 0.0599 e. The molecule has 0 amide bonds. The van der Waals surface area contributed by atoms with E-state index in [9.17, 15) is 5.11 Å². The normalized spacial score (nSPS) is 34.7. The Morgan fingerprint density at radius 1 is 1.36 bits per heavy atom. The van der Waals surface area contributed by atoms with Crippen LogP contribution in [0.2, 0.25) is 0 Å². The highest BCUT2D eigenvalue weighted by Crippen LogP contribution is 2.35. The third kappa shape index (κ3) is 1.81. The molecule has 0 bridgehead atoms. The van der Waals surface area contributed by atoms with Gasteiger partial charge in [0.05, 0.1) is 6.61 Å². The lowest BCUT2D eigenvalue weighted by Gasteiger charge is -2.50. The van der Waals surface area contributed by atoms with E-state index >= 15 is 0 Å². The molecule has 3 heteroatoms. The number of rotatable bonds is 2. The van der Waals surface area contributed by atoms with Gasteiger partial charge in [0.25, 0.3) is 0 Å². The van der Waals surface area contributed by atoms with E-state index in [1.807, 2.05) is 0 Å². The average molecular weight is 198 g/mol. The van der Waals surface area contributed by atoms with E-state index in [2.05, 4.69) is 30.7 Å². The molecule has 1 N–H and O–H groups in total. The summed E-state index contributed by atoms with van der Waals surface area (Å²) in [5.74, 6) is 0. The zero-order chi connectivity index (χ0) is 10.3. The third-order valence-electron chi connectivity index (χ3n) is 3.64. The highest BCUT2D eigenvalue weighted by atomic mass is 16.3. The summed E-state index contributed by atoms with van der Waals surface area (Å²) in [5.41, 5.74) is 0.279. The van der Waals surface area contributed by atoms with Crippen LogP contribution in [0.4, 0.5) is 0 Å². The second-order valence-corrected chi connectivity index (χ2v) is 5.45. The van der Waals surface area contributed by atoms with Gasteiger partial charge in [-0.05, 0) is 33.7 Å². The number of hydrogen-bond acceptors (Lipinski definition) is 3. The van der Waals surface area contributed by atoms with Gasteiger partial charge < -0.3 is 5.11 Å². The van der Waals surface area contributed by atoms with Gasteiger partial charge in [-0.25, -0.2) is 0 Å². The highest BCUT2D eigenvalue weighted by Gasteiger charge is 2.43. The van der Waals surface area contributed by atoms with Gasteiger partial charge >= 0.3 is 0 Å². The van der Waals surface area contributed by atoms with E-state index in [1.54, 1.807) is 0 Å². The first kappa shape index (κ1) is 10.4. The van der Waals surface area contributed by atoms with Gasteiger partial charge in [-0.3, -0.25) is 9.80 Å². The first-order valence-electron chi connectivity index (χ1n) is 5.62. The fourth-order valence-corrected chi connectivity index (χ4v) is 2.67. The number of aliphatic hydroxyl groups excluding tert-OH is 1. The average Bonchev–Trinajstić information content (AvgIpc) is 2.86. The predicted molar refractivity (Wildman–Crippen MR) is 57.3 cm³/mol. The molecular weight excluding hydrogens is 176 g/mol. The van der Waals surface area contributed by atoms with Crippen LogP contribution in [0.15, 0.2) is 0 Å². The fraction of sp³-hybridized carbons (Fsp3) is 1.00. The molecule has 14 heavy (non-hydrogen) atoms. The van der Waals surface area contributed by atoms with Crippen molar-refractivity contribution in [2.75, 3.05) is 26.7 Å². The lowest BCUT2D eigenvalue weighted by atomic mass is 9.96. The molecule has 2 fully saturated rings. The molecule has 82 valence electrons. The third-order valence-corrected chi connectivity index (χ3v) is 3.64. The molecule has 0 radical (unpaired) electrons. The maximum absolute atomic E-state index is 9.28. The topological polar surface area (TPSA) is 26.7 Å². The van der Waals surface area contributed by atoms with Crippen molar-refractivity contribution in [3.63, 3.8) is 0 Å². The summed E-state index contributed by atoms with van der Waals surface area (Å²) in [6.45, 7) is 7.01. The molecule has 0 aromatic carbocycles. The number of aliphatic hydroxyl groups is 1. The highest BCUT2D eigenvalue weighted by molar-refractivity contribution is 5.00. The van der Waals surface area contributed by atoms with Crippen molar-refractivity contribution in [1.29, 1.82) is 0 Å². The largest absolute Gasteiger partial charge is 0.395 e. The Balaban J connectivity index is 2.07. The minimum atomic E-state index is 0.279. The van der Waals surface area contributed by atoms with Crippen molar-refractivity contribution in [3.8, 4) is 0 Å². The molecule has 2 aliphatic rings. The molecule has 0 spiro atoms. The zero-order valence-electron chi connectivity index (χ0n) is 9.53. The summed E-state index contributed by atoms with van der Waals surface area (Å²) in [6.07, 6.45) is 2.70. The standard InChI is InChI=1S/C11H22N2O/c1-11(2)8-12(3)10(7-14)6-13(11)9-4-5-9/h9-10,14H,4-8H2,1-3H3. The summed E-state index contributed by atoms with van der Waals surface area (Å²) >= 11 is 0. The van der Waals surface area contributed by atoms with Gasteiger partial charge in [-0.1, -0.05) is 0 Å². The van der Waals surface area contributed by atoms with Crippen molar-refractivity contribution < 1.29 is 5.11 Å². The smallest absolute Gasteiger partial charge is 0.0599 e. The molecule has 3 nitrogen and oxygen atoms in total. The Morgan fingerprint density at radius 3 is 2.50 bits per heavy atom. The van der Waals surface area contributed by atoms with E-state index in [0.717, 1.165) is 19.1 Å². The van der Waals surface area contributed by atoms with Crippen molar-refractivity contribution in [1.82, 2.24) is 9.80 Å². The summed E-state index contributed by atoms with van der Waals surface area (Å²) in [6, 6.07) is 1.14. The molecule has 1 aliphatic carbocycles. The monoisotopic (exact) mass is 198 g/mol. The first-order valence-corrected chi connectivity index (χ1v) is 5.62. The van der Waals surface area contributed by atoms with Gasteiger partial charge in [0.2, 0.25) is 0 Å². The van der Waals surface area contributed by atoms with Gasteiger partial charge in [-0.15, -0.1) is 0 Å². The number of hydrogen-bond donors (Lipinski definition) is 1.